The van der Waals surface area contributed by atoms with E-state index in [4.69, 9.17) is 14.2 Å². The second-order valence-corrected chi connectivity index (χ2v) is 8.01. The molecule has 2 aliphatic rings. The van der Waals surface area contributed by atoms with Crippen LogP contribution in [-0.2, 0) is 4.79 Å². The third kappa shape index (κ3) is 5.22. The molecule has 0 spiro atoms. The van der Waals surface area contributed by atoms with Gasteiger partial charge in [0, 0.05) is 0 Å². The molecule has 0 bridgehead atoms. The number of ether oxygens (including phenoxy) is 3. The number of nitrogens with one attached hydrogen (secondary N) is 2. The second kappa shape index (κ2) is 9.92. The molecular weight excluding hydrogens is 394 g/mol. The molecule has 2 aromatic carbocycles. The molecule has 7 heteroatoms. The number of hydrogen-bond acceptors (Lipinski definition) is 5. The summed E-state index contributed by atoms with van der Waals surface area (Å²) in [5.41, 5.74) is 2.16. The Bertz CT molecular complexity index is 896. The summed E-state index contributed by atoms with van der Waals surface area (Å²) in [6.07, 6.45) is 0. The van der Waals surface area contributed by atoms with Gasteiger partial charge in [0.25, 0.3) is 5.91 Å². The molecule has 31 heavy (non-hydrogen) atoms. The SMILES string of the molecule is CCOc1ccccc1N1CC[NH+](CC(=O)N[C@H](C)c2ccc3c(c2)OCCO3)CC1. The van der Waals surface area contributed by atoms with Gasteiger partial charge in [-0.15, -0.1) is 0 Å². The number of nitrogens with zero attached hydrogens (tertiary/aromatic N) is 1. The number of para-hydroxylation sites is 2. The zero-order valence-corrected chi connectivity index (χ0v) is 18.4. The largest absolute Gasteiger partial charge is 0.492 e. The summed E-state index contributed by atoms with van der Waals surface area (Å²) in [7, 11) is 0. The van der Waals surface area contributed by atoms with Crippen LogP contribution < -0.4 is 29.3 Å². The fourth-order valence-electron chi connectivity index (χ4n) is 4.17. The molecule has 2 heterocycles. The van der Waals surface area contributed by atoms with Crippen LogP contribution in [0, 0.1) is 0 Å². The lowest BCUT2D eigenvalue weighted by Crippen LogP contribution is -3.15. The summed E-state index contributed by atoms with van der Waals surface area (Å²) in [4.78, 5) is 16.3. The zero-order chi connectivity index (χ0) is 21.6. The number of hydrogen-bond donors (Lipinski definition) is 2. The van der Waals surface area contributed by atoms with E-state index in [0.717, 1.165) is 54.7 Å². The summed E-state index contributed by atoms with van der Waals surface area (Å²) in [6, 6.07) is 14.0. The highest BCUT2D eigenvalue weighted by Gasteiger charge is 2.25. The summed E-state index contributed by atoms with van der Waals surface area (Å²) in [5, 5.41) is 3.13. The fraction of sp³-hybridized carbons (Fsp3) is 0.458. The van der Waals surface area contributed by atoms with E-state index in [0.29, 0.717) is 26.4 Å². The van der Waals surface area contributed by atoms with Crippen molar-refractivity contribution in [2.75, 3.05) is 57.4 Å². The summed E-state index contributed by atoms with van der Waals surface area (Å²) in [6.45, 7) is 9.94. The van der Waals surface area contributed by atoms with E-state index in [9.17, 15) is 4.79 Å². The van der Waals surface area contributed by atoms with Crippen molar-refractivity contribution in [3.63, 3.8) is 0 Å². The average Bonchev–Trinajstić information content (AvgIpc) is 2.80. The lowest BCUT2D eigenvalue weighted by molar-refractivity contribution is -0.892. The first-order valence-electron chi connectivity index (χ1n) is 11.1. The van der Waals surface area contributed by atoms with Crippen molar-refractivity contribution in [3.05, 3.63) is 48.0 Å². The molecule has 0 unspecified atom stereocenters. The Morgan fingerprint density at radius 1 is 1.13 bits per heavy atom. The van der Waals surface area contributed by atoms with Gasteiger partial charge in [0.15, 0.2) is 18.0 Å². The van der Waals surface area contributed by atoms with Gasteiger partial charge in [0.1, 0.15) is 19.0 Å². The molecule has 0 aliphatic carbocycles. The molecule has 0 radical (unpaired) electrons. The smallest absolute Gasteiger partial charge is 0.275 e. The molecule has 1 amide bonds. The average molecular weight is 427 g/mol. The maximum Gasteiger partial charge on any atom is 0.275 e. The molecule has 166 valence electrons. The summed E-state index contributed by atoms with van der Waals surface area (Å²) >= 11 is 0. The van der Waals surface area contributed by atoms with Crippen molar-refractivity contribution in [2.45, 2.75) is 19.9 Å². The molecule has 1 atom stereocenters. The van der Waals surface area contributed by atoms with Gasteiger partial charge in [-0.3, -0.25) is 4.79 Å². The highest BCUT2D eigenvalue weighted by Crippen LogP contribution is 2.32. The van der Waals surface area contributed by atoms with Crippen molar-refractivity contribution < 1.29 is 23.9 Å². The van der Waals surface area contributed by atoms with Crippen LogP contribution in [0.15, 0.2) is 42.5 Å². The normalized spacial score (nSPS) is 17.2. The minimum Gasteiger partial charge on any atom is -0.492 e. The quantitative estimate of drug-likeness (QED) is 0.702. The predicted octanol–water partition coefficient (Wildman–Crippen LogP) is 1.44. The van der Waals surface area contributed by atoms with E-state index in [1.54, 1.807) is 0 Å². The van der Waals surface area contributed by atoms with Gasteiger partial charge in [-0.2, -0.15) is 0 Å². The first-order chi connectivity index (χ1) is 15.1. The first kappa shape index (κ1) is 21.3. The van der Waals surface area contributed by atoms with Crippen LogP contribution in [0.1, 0.15) is 25.5 Å². The van der Waals surface area contributed by atoms with Gasteiger partial charge in [-0.05, 0) is 43.7 Å². The van der Waals surface area contributed by atoms with E-state index < -0.39 is 0 Å². The van der Waals surface area contributed by atoms with E-state index in [1.807, 2.05) is 50.2 Å². The molecule has 1 fully saturated rings. The monoisotopic (exact) mass is 426 g/mol. The minimum atomic E-state index is -0.0814. The molecule has 7 nitrogen and oxygen atoms in total. The Kier molecular flexibility index (Phi) is 6.82. The highest BCUT2D eigenvalue weighted by molar-refractivity contribution is 5.77. The Morgan fingerprint density at radius 3 is 2.65 bits per heavy atom. The van der Waals surface area contributed by atoms with Crippen LogP contribution in [-0.4, -0.2) is 58.5 Å². The highest BCUT2D eigenvalue weighted by atomic mass is 16.6. The molecule has 2 aliphatic heterocycles. The number of carbonyl (C=O) groups excluding carboxylic acids is 1. The number of anilines is 1. The second-order valence-electron chi connectivity index (χ2n) is 8.01. The van der Waals surface area contributed by atoms with Crippen LogP contribution >= 0.6 is 0 Å². The van der Waals surface area contributed by atoms with E-state index in [2.05, 4.69) is 16.3 Å². The van der Waals surface area contributed by atoms with Gasteiger partial charge in [-0.1, -0.05) is 18.2 Å². The molecule has 1 saturated heterocycles. The summed E-state index contributed by atoms with van der Waals surface area (Å²) in [5.74, 6) is 2.51. The van der Waals surface area contributed by atoms with Crippen molar-refractivity contribution in [3.8, 4) is 17.2 Å². The minimum absolute atomic E-state index is 0.0700. The topological polar surface area (TPSA) is 64.5 Å². The van der Waals surface area contributed by atoms with Crippen molar-refractivity contribution in [1.29, 1.82) is 0 Å². The predicted molar refractivity (Wildman–Crippen MR) is 119 cm³/mol. The number of benzene rings is 2. The molecule has 2 N–H and O–H groups in total. The third-order valence-corrected chi connectivity index (χ3v) is 5.83. The van der Waals surface area contributed by atoms with Gasteiger partial charge in [-0.25, -0.2) is 0 Å². The van der Waals surface area contributed by atoms with Crippen LogP contribution in [0.25, 0.3) is 0 Å². The van der Waals surface area contributed by atoms with Crippen LogP contribution in [0.3, 0.4) is 0 Å². The lowest BCUT2D eigenvalue weighted by atomic mass is 10.1. The molecule has 0 aromatic heterocycles. The van der Waals surface area contributed by atoms with Crippen molar-refractivity contribution in [1.82, 2.24) is 5.32 Å². The first-order valence-corrected chi connectivity index (χ1v) is 11.1. The molecule has 0 saturated carbocycles. The number of quaternary nitrogens is 1. The number of rotatable bonds is 7. The Hall–Kier alpha value is -2.93. The maximum absolute atomic E-state index is 12.7. The molecular formula is C24H32N3O4+. The molecule has 4 rings (SSSR count). The lowest BCUT2D eigenvalue weighted by Gasteiger charge is -2.34. The standard InChI is InChI=1S/C24H31N3O4/c1-3-29-21-7-5-4-6-20(21)27-12-10-26(11-13-27)17-24(28)25-18(2)19-8-9-22-23(16-19)31-15-14-30-22/h4-9,16,18H,3,10-15,17H2,1-2H3,(H,25,28)/p+1/t18-/m1/s1. The Labute approximate surface area is 183 Å². The van der Waals surface area contributed by atoms with Gasteiger partial charge >= 0.3 is 0 Å². The van der Waals surface area contributed by atoms with Gasteiger partial charge < -0.3 is 29.3 Å². The van der Waals surface area contributed by atoms with E-state index >= 15 is 0 Å². The van der Waals surface area contributed by atoms with Crippen LogP contribution in [0.4, 0.5) is 5.69 Å². The number of piperazine rings is 1. The van der Waals surface area contributed by atoms with Crippen LogP contribution in [0.2, 0.25) is 0 Å². The van der Waals surface area contributed by atoms with E-state index in [1.165, 1.54) is 4.90 Å². The van der Waals surface area contributed by atoms with Gasteiger partial charge in [0.05, 0.1) is 44.5 Å². The van der Waals surface area contributed by atoms with Crippen molar-refractivity contribution >= 4 is 11.6 Å². The fourth-order valence-corrected chi connectivity index (χ4v) is 4.17. The number of fused-ring (bicyclic) bond motifs is 1. The number of carbonyl (C=O) groups is 1. The maximum atomic E-state index is 12.7. The third-order valence-electron chi connectivity index (χ3n) is 5.83. The van der Waals surface area contributed by atoms with Gasteiger partial charge in [0.2, 0.25) is 0 Å². The van der Waals surface area contributed by atoms with E-state index in [-0.39, 0.29) is 11.9 Å². The number of amides is 1. The molecule has 2 aromatic rings. The van der Waals surface area contributed by atoms with Crippen molar-refractivity contribution in [2.24, 2.45) is 0 Å². The van der Waals surface area contributed by atoms with Crippen LogP contribution in [0.5, 0.6) is 17.2 Å². The Morgan fingerprint density at radius 2 is 1.87 bits per heavy atom. The summed E-state index contributed by atoms with van der Waals surface area (Å²) < 4.78 is 17.0. The zero-order valence-electron chi connectivity index (χ0n) is 18.4. The Balaban J connectivity index is 1.27.